The molecule has 3 rings (SSSR count). The molecule has 5 nitrogen and oxygen atoms in total. The van der Waals surface area contributed by atoms with Crippen LogP contribution in [0.2, 0.25) is 0 Å². The number of pyridine rings is 1. The standard InChI is InChI=1S/C19H23N3O2/c1-14-7-10-22(11-8-14)19(23)18-13-16(6-9-20-18)21-15-4-3-5-17(12-15)24-2/h3-6,9,12-14H,7-8,10-11H2,1-2H3,(H,20,21). The lowest BCUT2D eigenvalue weighted by molar-refractivity contribution is 0.0691. The minimum Gasteiger partial charge on any atom is -0.497 e. The van der Waals surface area contributed by atoms with Crippen molar-refractivity contribution in [1.82, 2.24) is 9.88 Å². The van der Waals surface area contributed by atoms with Crippen LogP contribution in [-0.2, 0) is 0 Å². The lowest BCUT2D eigenvalue weighted by atomic mass is 9.99. The highest BCUT2D eigenvalue weighted by molar-refractivity contribution is 5.93. The van der Waals surface area contributed by atoms with Crippen LogP contribution in [0.1, 0.15) is 30.3 Å². The molecule has 0 aliphatic carbocycles. The third-order valence-corrected chi connectivity index (χ3v) is 4.41. The van der Waals surface area contributed by atoms with Gasteiger partial charge < -0.3 is 15.0 Å². The van der Waals surface area contributed by atoms with Gasteiger partial charge >= 0.3 is 0 Å². The van der Waals surface area contributed by atoms with Crippen molar-refractivity contribution >= 4 is 17.3 Å². The number of aromatic nitrogens is 1. The maximum atomic E-state index is 12.6. The van der Waals surface area contributed by atoms with E-state index in [0.29, 0.717) is 11.6 Å². The van der Waals surface area contributed by atoms with Gasteiger partial charge in [-0.1, -0.05) is 13.0 Å². The van der Waals surface area contributed by atoms with Gasteiger partial charge in [-0.2, -0.15) is 0 Å². The van der Waals surface area contributed by atoms with Gasteiger partial charge in [0.1, 0.15) is 11.4 Å². The van der Waals surface area contributed by atoms with Gasteiger partial charge in [-0.25, -0.2) is 0 Å². The summed E-state index contributed by atoms with van der Waals surface area (Å²) in [6.45, 7) is 3.86. The molecular formula is C19H23N3O2. The molecule has 1 aromatic heterocycles. The van der Waals surface area contributed by atoms with Crippen molar-refractivity contribution in [3.05, 3.63) is 48.3 Å². The molecule has 1 fully saturated rings. The van der Waals surface area contributed by atoms with Crippen LogP contribution in [0, 0.1) is 5.92 Å². The number of benzene rings is 1. The zero-order valence-corrected chi connectivity index (χ0v) is 14.2. The number of carbonyl (C=O) groups is 1. The fraction of sp³-hybridized carbons (Fsp3) is 0.368. The van der Waals surface area contributed by atoms with Crippen LogP contribution in [0.15, 0.2) is 42.6 Å². The molecule has 0 saturated carbocycles. The van der Waals surface area contributed by atoms with E-state index in [1.54, 1.807) is 19.4 Å². The van der Waals surface area contributed by atoms with E-state index in [1.165, 1.54) is 0 Å². The van der Waals surface area contributed by atoms with Crippen LogP contribution in [-0.4, -0.2) is 36.0 Å². The smallest absolute Gasteiger partial charge is 0.272 e. The minimum absolute atomic E-state index is 0.0104. The highest BCUT2D eigenvalue weighted by Crippen LogP contribution is 2.22. The van der Waals surface area contributed by atoms with Crippen molar-refractivity contribution in [3.8, 4) is 5.75 Å². The molecule has 0 bridgehead atoms. The zero-order chi connectivity index (χ0) is 16.9. The van der Waals surface area contributed by atoms with E-state index in [0.717, 1.165) is 43.1 Å². The fourth-order valence-electron chi connectivity index (χ4n) is 2.87. The van der Waals surface area contributed by atoms with Crippen molar-refractivity contribution < 1.29 is 9.53 Å². The van der Waals surface area contributed by atoms with E-state index in [-0.39, 0.29) is 5.91 Å². The number of nitrogens with one attached hydrogen (secondary N) is 1. The number of carbonyl (C=O) groups excluding carboxylic acids is 1. The van der Waals surface area contributed by atoms with Crippen molar-refractivity contribution in [2.75, 3.05) is 25.5 Å². The number of methoxy groups -OCH3 is 1. The number of nitrogens with zero attached hydrogens (tertiary/aromatic N) is 2. The molecule has 2 aromatic rings. The first kappa shape index (κ1) is 16.3. The van der Waals surface area contributed by atoms with Crippen molar-refractivity contribution in [2.45, 2.75) is 19.8 Å². The molecule has 1 aliphatic rings. The van der Waals surface area contributed by atoms with Gasteiger partial charge in [-0.05, 0) is 43.0 Å². The van der Waals surface area contributed by atoms with E-state index in [4.69, 9.17) is 4.74 Å². The second-order valence-corrected chi connectivity index (χ2v) is 6.26. The largest absolute Gasteiger partial charge is 0.497 e. The number of amides is 1. The predicted molar refractivity (Wildman–Crippen MR) is 94.8 cm³/mol. The predicted octanol–water partition coefficient (Wildman–Crippen LogP) is 3.71. The highest BCUT2D eigenvalue weighted by atomic mass is 16.5. The van der Waals surface area contributed by atoms with Gasteiger partial charge in [0.25, 0.3) is 5.91 Å². The summed E-state index contributed by atoms with van der Waals surface area (Å²) in [5.41, 5.74) is 2.23. The summed E-state index contributed by atoms with van der Waals surface area (Å²) in [7, 11) is 1.64. The zero-order valence-electron chi connectivity index (χ0n) is 14.2. The second kappa shape index (κ2) is 7.34. The fourth-order valence-corrected chi connectivity index (χ4v) is 2.87. The Morgan fingerprint density at radius 2 is 1.96 bits per heavy atom. The molecule has 0 atom stereocenters. The lowest BCUT2D eigenvalue weighted by Crippen LogP contribution is -2.38. The summed E-state index contributed by atoms with van der Waals surface area (Å²) >= 11 is 0. The van der Waals surface area contributed by atoms with Crippen molar-refractivity contribution in [2.24, 2.45) is 5.92 Å². The van der Waals surface area contributed by atoms with Crippen LogP contribution >= 0.6 is 0 Å². The number of hydrogen-bond acceptors (Lipinski definition) is 4. The number of likely N-dealkylation sites (tertiary alicyclic amines) is 1. The van der Waals surface area contributed by atoms with Gasteiger partial charge in [-0.15, -0.1) is 0 Å². The van der Waals surface area contributed by atoms with E-state index in [9.17, 15) is 4.79 Å². The number of anilines is 2. The average Bonchev–Trinajstić information content (AvgIpc) is 2.62. The summed E-state index contributed by atoms with van der Waals surface area (Å²) in [5.74, 6) is 1.49. The van der Waals surface area contributed by atoms with Crippen molar-refractivity contribution in [1.29, 1.82) is 0 Å². The average molecular weight is 325 g/mol. The molecule has 1 aromatic carbocycles. The molecule has 1 saturated heterocycles. The first-order valence-corrected chi connectivity index (χ1v) is 8.32. The maximum absolute atomic E-state index is 12.6. The molecule has 0 radical (unpaired) electrons. The quantitative estimate of drug-likeness (QED) is 0.931. The SMILES string of the molecule is COc1cccc(Nc2ccnc(C(=O)N3CCC(C)CC3)c2)c1. The van der Waals surface area contributed by atoms with Gasteiger partial charge in [0.15, 0.2) is 0 Å². The highest BCUT2D eigenvalue weighted by Gasteiger charge is 2.22. The Morgan fingerprint density at radius 1 is 1.21 bits per heavy atom. The van der Waals surface area contributed by atoms with Crippen LogP contribution in [0.5, 0.6) is 5.75 Å². The molecular weight excluding hydrogens is 302 g/mol. The molecule has 5 heteroatoms. The number of piperidine rings is 1. The summed E-state index contributed by atoms with van der Waals surface area (Å²) in [6.07, 6.45) is 3.79. The normalized spacial score (nSPS) is 15.2. The van der Waals surface area contributed by atoms with Crippen LogP contribution in [0.25, 0.3) is 0 Å². The number of hydrogen-bond donors (Lipinski definition) is 1. The summed E-state index contributed by atoms with van der Waals surface area (Å²) in [5, 5.41) is 3.29. The molecule has 1 N–H and O–H groups in total. The van der Waals surface area contributed by atoms with E-state index < -0.39 is 0 Å². The minimum atomic E-state index is 0.0104. The first-order valence-electron chi connectivity index (χ1n) is 8.32. The van der Waals surface area contributed by atoms with E-state index >= 15 is 0 Å². The van der Waals surface area contributed by atoms with Gasteiger partial charge in [0.2, 0.25) is 0 Å². The van der Waals surface area contributed by atoms with E-state index in [2.05, 4.69) is 17.2 Å². The third-order valence-electron chi connectivity index (χ3n) is 4.41. The molecule has 24 heavy (non-hydrogen) atoms. The molecule has 1 amide bonds. The Balaban J connectivity index is 1.72. The topological polar surface area (TPSA) is 54.5 Å². The van der Waals surface area contributed by atoms with Gasteiger partial charge in [-0.3, -0.25) is 9.78 Å². The Kier molecular flexibility index (Phi) is 4.99. The Bertz CT molecular complexity index is 709. The third kappa shape index (κ3) is 3.85. The monoisotopic (exact) mass is 325 g/mol. The van der Waals surface area contributed by atoms with E-state index in [1.807, 2.05) is 35.2 Å². The second-order valence-electron chi connectivity index (χ2n) is 6.26. The van der Waals surface area contributed by atoms with Crippen molar-refractivity contribution in [3.63, 3.8) is 0 Å². The first-order chi connectivity index (χ1) is 11.7. The molecule has 126 valence electrons. The molecule has 0 spiro atoms. The summed E-state index contributed by atoms with van der Waals surface area (Å²) < 4.78 is 5.23. The van der Waals surface area contributed by atoms with Crippen LogP contribution in [0.3, 0.4) is 0 Å². The number of rotatable bonds is 4. The van der Waals surface area contributed by atoms with Gasteiger partial charge in [0.05, 0.1) is 7.11 Å². The van der Waals surface area contributed by atoms with Crippen LogP contribution in [0.4, 0.5) is 11.4 Å². The maximum Gasteiger partial charge on any atom is 0.272 e. The molecule has 1 aliphatic heterocycles. The summed E-state index contributed by atoms with van der Waals surface area (Å²) in [4.78, 5) is 18.8. The lowest BCUT2D eigenvalue weighted by Gasteiger charge is -2.30. The van der Waals surface area contributed by atoms with Gasteiger partial charge in [0, 0.05) is 36.7 Å². The molecule has 2 heterocycles. The Hall–Kier alpha value is -2.56. The van der Waals surface area contributed by atoms with Crippen LogP contribution < -0.4 is 10.1 Å². The Labute approximate surface area is 142 Å². The number of ether oxygens (including phenoxy) is 1. The molecule has 0 unspecified atom stereocenters. The Morgan fingerprint density at radius 3 is 2.71 bits per heavy atom. The summed E-state index contributed by atoms with van der Waals surface area (Å²) in [6, 6.07) is 11.3.